The molecule has 1 aliphatic heterocycles. The Bertz CT molecular complexity index is 1400. The zero-order chi connectivity index (χ0) is 24.9. The fraction of sp³-hybridized carbons (Fsp3) is 0.207. The van der Waals surface area contributed by atoms with Gasteiger partial charge in [-0.05, 0) is 60.9 Å². The van der Waals surface area contributed by atoms with Gasteiger partial charge < -0.3 is 15.5 Å². The molecule has 0 radical (unpaired) electrons. The molecule has 0 atom stereocenters. The summed E-state index contributed by atoms with van der Waals surface area (Å²) in [5.41, 5.74) is 5.50. The number of nitrogens with one attached hydrogen (secondary N) is 3. The van der Waals surface area contributed by atoms with Crippen LogP contribution < -0.4 is 10.6 Å². The third kappa shape index (κ3) is 5.46. The van der Waals surface area contributed by atoms with E-state index in [1.165, 1.54) is 0 Å². The first-order valence-electron chi connectivity index (χ1n) is 12.2. The van der Waals surface area contributed by atoms with Gasteiger partial charge >= 0.3 is 0 Å². The molecule has 5 rings (SSSR count). The summed E-state index contributed by atoms with van der Waals surface area (Å²) in [6.45, 7) is 2.84. The lowest BCUT2D eigenvalue weighted by Gasteiger charge is -2.30. The molecule has 0 unspecified atom stereocenters. The highest BCUT2D eigenvalue weighted by Crippen LogP contribution is 2.26. The summed E-state index contributed by atoms with van der Waals surface area (Å²) in [6.07, 6.45) is 5.44. The fourth-order valence-corrected chi connectivity index (χ4v) is 4.53. The predicted molar refractivity (Wildman–Crippen MR) is 145 cm³/mol. The molecule has 0 spiro atoms. The summed E-state index contributed by atoms with van der Waals surface area (Å²) in [4.78, 5) is 26.1. The van der Waals surface area contributed by atoms with E-state index in [0.29, 0.717) is 25.9 Å². The predicted octanol–water partition coefficient (Wildman–Crippen LogP) is 5.67. The van der Waals surface area contributed by atoms with E-state index in [1.807, 2.05) is 72.8 Å². The van der Waals surface area contributed by atoms with Crippen molar-refractivity contribution in [1.29, 1.82) is 0 Å². The average Bonchev–Trinajstić information content (AvgIpc) is 3.30. The maximum Gasteiger partial charge on any atom is 0.227 e. The van der Waals surface area contributed by atoms with Crippen molar-refractivity contribution in [1.82, 2.24) is 15.1 Å². The monoisotopic (exact) mass is 479 g/mol. The second-order valence-corrected chi connectivity index (χ2v) is 9.09. The van der Waals surface area contributed by atoms with Crippen molar-refractivity contribution >= 4 is 51.9 Å². The number of piperidine rings is 1. The number of benzene rings is 3. The number of carbonyl (C=O) groups excluding carboxylic acids is 2. The lowest BCUT2D eigenvalue weighted by atomic mass is 9.96. The SMILES string of the molecule is CC(=O)N1CCC(C(=O)Nc2cccc(Nc3ccc4c(/C=C/c5ccccc5)n[nH]c4c3)c2)CC1. The highest BCUT2D eigenvalue weighted by atomic mass is 16.2. The number of hydrogen-bond donors (Lipinski definition) is 3. The topological polar surface area (TPSA) is 90.1 Å². The van der Waals surface area contributed by atoms with Crippen LogP contribution in [0.1, 0.15) is 31.0 Å². The van der Waals surface area contributed by atoms with Crippen molar-refractivity contribution in [2.24, 2.45) is 5.92 Å². The first-order valence-corrected chi connectivity index (χ1v) is 12.2. The van der Waals surface area contributed by atoms with Crippen LogP contribution in [-0.2, 0) is 9.59 Å². The maximum absolute atomic E-state index is 12.8. The number of aromatic amines is 1. The molecule has 3 N–H and O–H groups in total. The van der Waals surface area contributed by atoms with Crippen molar-refractivity contribution in [2.45, 2.75) is 19.8 Å². The van der Waals surface area contributed by atoms with Gasteiger partial charge in [-0.15, -0.1) is 0 Å². The van der Waals surface area contributed by atoms with Crippen LogP contribution in [0.25, 0.3) is 23.1 Å². The fourth-order valence-electron chi connectivity index (χ4n) is 4.53. The minimum Gasteiger partial charge on any atom is -0.355 e. The average molecular weight is 480 g/mol. The molecular formula is C29H29N5O2. The first-order chi connectivity index (χ1) is 17.5. The Morgan fingerprint density at radius 2 is 1.67 bits per heavy atom. The van der Waals surface area contributed by atoms with Crippen LogP contribution in [-0.4, -0.2) is 40.0 Å². The number of hydrogen-bond acceptors (Lipinski definition) is 4. The highest BCUT2D eigenvalue weighted by Gasteiger charge is 2.26. The van der Waals surface area contributed by atoms with E-state index < -0.39 is 0 Å². The Kier molecular flexibility index (Phi) is 6.80. The largest absolute Gasteiger partial charge is 0.355 e. The molecule has 2 heterocycles. The Morgan fingerprint density at radius 3 is 2.44 bits per heavy atom. The van der Waals surface area contributed by atoms with E-state index in [-0.39, 0.29) is 17.7 Å². The Labute approximate surface area is 210 Å². The molecule has 0 bridgehead atoms. The molecule has 0 aliphatic carbocycles. The van der Waals surface area contributed by atoms with Crippen molar-refractivity contribution in [2.75, 3.05) is 23.7 Å². The number of aromatic nitrogens is 2. The molecule has 4 aromatic rings. The second kappa shape index (κ2) is 10.5. The molecular weight excluding hydrogens is 450 g/mol. The van der Waals surface area contributed by atoms with Crippen LogP contribution in [0, 0.1) is 5.92 Å². The molecule has 2 amide bonds. The zero-order valence-corrected chi connectivity index (χ0v) is 20.2. The van der Waals surface area contributed by atoms with Crippen LogP contribution in [0.4, 0.5) is 17.1 Å². The van der Waals surface area contributed by atoms with E-state index in [2.05, 4.69) is 33.0 Å². The molecule has 3 aromatic carbocycles. The standard InChI is InChI=1S/C29H29N5O2/c1-20(35)34-16-14-22(15-17-34)29(36)31-24-9-5-8-23(18-24)30-25-11-12-26-27(32-33-28(26)19-25)13-10-21-6-3-2-4-7-21/h2-13,18-19,22,30H,14-17H2,1H3,(H,31,36)(H,32,33)/b13-10+. The molecule has 1 saturated heterocycles. The summed E-state index contributed by atoms with van der Waals surface area (Å²) >= 11 is 0. The van der Waals surface area contributed by atoms with Crippen molar-refractivity contribution in [3.05, 3.63) is 84.1 Å². The van der Waals surface area contributed by atoms with E-state index in [0.717, 1.165) is 39.2 Å². The van der Waals surface area contributed by atoms with Gasteiger partial charge in [-0.3, -0.25) is 14.7 Å². The van der Waals surface area contributed by atoms with Gasteiger partial charge in [0.15, 0.2) is 0 Å². The van der Waals surface area contributed by atoms with Crippen LogP contribution in [0.3, 0.4) is 0 Å². The molecule has 1 aromatic heterocycles. The summed E-state index contributed by atoms with van der Waals surface area (Å²) in [7, 11) is 0. The van der Waals surface area contributed by atoms with Gasteiger partial charge in [-0.2, -0.15) is 5.10 Å². The number of nitrogens with zero attached hydrogens (tertiary/aromatic N) is 2. The number of rotatable bonds is 6. The lowest BCUT2D eigenvalue weighted by Crippen LogP contribution is -2.40. The molecule has 7 nitrogen and oxygen atoms in total. The number of amides is 2. The number of likely N-dealkylation sites (tertiary alicyclic amines) is 1. The van der Waals surface area contributed by atoms with E-state index >= 15 is 0 Å². The zero-order valence-electron chi connectivity index (χ0n) is 20.2. The Balaban J connectivity index is 1.23. The van der Waals surface area contributed by atoms with Gasteiger partial charge in [-0.1, -0.05) is 42.5 Å². The van der Waals surface area contributed by atoms with Crippen LogP contribution in [0.15, 0.2) is 72.8 Å². The summed E-state index contributed by atoms with van der Waals surface area (Å²) in [5, 5.41) is 15.1. The smallest absolute Gasteiger partial charge is 0.227 e. The van der Waals surface area contributed by atoms with Crippen molar-refractivity contribution in [3.8, 4) is 0 Å². The van der Waals surface area contributed by atoms with E-state index in [9.17, 15) is 9.59 Å². The van der Waals surface area contributed by atoms with E-state index in [4.69, 9.17) is 0 Å². The molecule has 1 fully saturated rings. The lowest BCUT2D eigenvalue weighted by molar-refractivity contribution is -0.132. The van der Waals surface area contributed by atoms with Gasteiger partial charge in [0.05, 0.1) is 11.2 Å². The number of H-pyrrole nitrogens is 1. The molecule has 0 saturated carbocycles. The van der Waals surface area contributed by atoms with Gasteiger partial charge in [0.2, 0.25) is 11.8 Å². The molecule has 36 heavy (non-hydrogen) atoms. The Morgan fingerprint density at radius 1 is 0.917 bits per heavy atom. The minimum absolute atomic E-state index is 0.00492. The summed E-state index contributed by atoms with van der Waals surface area (Å²) in [5.74, 6) is -0.00344. The number of anilines is 3. The van der Waals surface area contributed by atoms with Gasteiger partial charge in [0.1, 0.15) is 0 Å². The van der Waals surface area contributed by atoms with Gasteiger partial charge in [0.25, 0.3) is 0 Å². The maximum atomic E-state index is 12.8. The quantitative estimate of drug-likeness (QED) is 0.332. The number of carbonyl (C=O) groups is 2. The minimum atomic E-state index is -0.0786. The van der Waals surface area contributed by atoms with Gasteiger partial charge in [-0.25, -0.2) is 0 Å². The van der Waals surface area contributed by atoms with Gasteiger partial charge in [0, 0.05) is 48.4 Å². The number of fused-ring (bicyclic) bond motifs is 1. The van der Waals surface area contributed by atoms with Crippen LogP contribution >= 0.6 is 0 Å². The second-order valence-electron chi connectivity index (χ2n) is 9.09. The summed E-state index contributed by atoms with van der Waals surface area (Å²) < 4.78 is 0. The Hall–Kier alpha value is -4.39. The van der Waals surface area contributed by atoms with Crippen LogP contribution in [0.5, 0.6) is 0 Å². The molecule has 7 heteroatoms. The molecule has 182 valence electrons. The highest BCUT2D eigenvalue weighted by molar-refractivity contribution is 5.94. The summed E-state index contributed by atoms with van der Waals surface area (Å²) in [6, 6.07) is 23.9. The van der Waals surface area contributed by atoms with Crippen molar-refractivity contribution in [3.63, 3.8) is 0 Å². The third-order valence-electron chi connectivity index (χ3n) is 6.56. The normalized spacial score (nSPS) is 14.3. The van der Waals surface area contributed by atoms with E-state index in [1.54, 1.807) is 11.8 Å². The first kappa shape index (κ1) is 23.4. The van der Waals surface area contributed by atoms with Crippen LogP contribution in [0.2, 0.25) is 0 Å². The van der Waals surface area contributed by atoms with Crippen molar-refractivity contribution < 1.29 is 9.59 Å². The molecule has 1 aliphatic rings. The third-order valence-corrected chi connectivity index (χ3v) is 6.56.